The van der Waals surface area contributed by atoms with E-state index < -0.39 is 11.2 Å². The minimum absolute atomic E-state index is 0.0511. The van der Waals surface area contributed by atoms with Crippen molar-refractivity contribution in [2.75, 3.05) is 45.9 Å². The molecule has 0 bridgehead atoms. The molecule has 0 spiro atoms. The summed E-state index contributed by atoms with van der Waals surface area (Å²) in [4.78, 5) is 29.0. The Morgan fingerprint density at radius 1 is 1.15 bits per heavy atom. The third kappa shape index (κ3) is 3.70. The van der Waals surface area contributed by atoms with Gasteiger partial charge in [0.25, 0.3) is 5.91 Å². The van der Waals surface area contributed by atoms with Crippen molar-refractivity contribution in [3.8, 4) is 0 Å². The Balaban J connectivity index is 1.63. The van der Waals surface area contributed by atoms with Gasteiger partial charge in [-0.05, 0) is 31.0 Å². The van der Waals surface area contributed by atoms with Gasteiger partial charge < -0.3 is 20.3 Å². The SMILES string of the molecule is NCC1(C(=O)N2CCN(C(=O)c3ccc(F)cc3Cl)CC2)CCOCC1. The van der Waals surface area contributed by atoms with E-state index in [-0.39, 0.29) is 22.4 Å². The van der Waals surface area contributed by atoms with Crippen LogP contribution in [0, 0.1) is 11.2 Å². The number of rotatable bonds is 3. The first-order valence-corrected chi connectivity index (χ1v) is 9.16. The summed E-state index contributed by atoms with van der Waals surface area (Å²) in [6.45, 7) is 3.12. The number of carbonyl (C=O) groups is 2. The van der Waals surface area contributed by atoms with Gasteiger partial charge in [-0.15, -0.1) is 0 Å². The summed E-state index contributed by atoms with van der Waals surface area (Å²) < 4.78 is 18.5. The molecule has 0 aliphatic carbocycles. The van der Waals surface area contributed by atoms with Gasteiger partial charge in [0, 0.05) is 45.9 Å². The highest BCUT2D eigenvalue weighted by Gasteiger charge is 2.42. The molecule has 2 fully saturated rings. The lowest BCUT2D eigenvalue weighted by Crippen LogP contribution is -2.57. The molecule has 3 rings (SSSR count). The summed E-state index contributed by atoms with van der Waals surface area (Å²) >= 11 is 5.98. The molecular formula is C18H23ClFN3O3. The van der Waals surface area contributed by atoms with E-state index >= 15 is 0 Å². The van der Waals surface area contributed by atoms with Crippen LogP contribution in [-0.2, 0) is 9.53 Å². The molecule has 2 N–H and O–H groups in total. The van der Waals surface area contributed by atoms with Crippen LogP contribution >= 0.6 is 11.6 Å². The van der Waals surface area contributed by atoms with Crippen molar-refractivity contribution in [1.29, 1.82) is 0 Å². The van der Waals surface area contributed by atoms with Crippen LogP contribution in [0.5, 0.6) is 0 Å². The van der Waals surface area contributed by atoms with E-state index in [1.165, 1.54) is 12.1 Å². The molecule has 1 aromatic carbocycles. The molecule has 2 amide bonds. The largest absolute Gasteiger partial charge is 0.381 e. The quantitative estimate of drug-likeness (QED) is 0.858. The fourth-order valence-electron chi connectivity index (χ4n) is 3.55. The van der Waals surface area contributed by atoms with Gasteiger partial charge in [0.1, 0.15) is 5.82 Å². The topological polar surface area (TPSA) is 75.9 Å². The Kier molecular flexibility index (Phi) is 5.79. The number of nitrogens with zero attached hydrogens (tertiary/aromatic N) is 2. The van der Waals surface area contributed by atoms with Crippen LogP contribution in [0.2, 0.25) is 5.02 Å². The molecule has 0 aromatic heterocycles. The Morgan fingerprint density at radius 3 is 2.35 bits per heavy atom. The highest BCUT2D eigenvalue weighted by molar-refractivity contribution is 6.33. The molecule has 26 heavy (non-hydrogen) atoms. The zero-order chi connectivity index (χ0) is 18.7. The maximum atomic E-state index is 13.2. The van der Waals surface area contributed by atoms with E-state index in [4.69, 9.17) is 22.1 Å². The number of carbonyl (C=O) groups excluding carboxylic acids is 2. The van der Waals surface area contributed by atoms with E-state index in [0.717, 1.165) is 6.07 Å². The highest BCUT2D eigenvalue weighted by atomic mass is 35.5. The Morgan fingerprint density at radius 2 is 1.77 bits per heavy atom. The van der Waals surface area contributed by atoms with E-state index in [1.807, 2.05) is 0 Å². The Bertz CT molecular complexity index is 686. The minimum atomic E-state index is -0.551. The van der Waals surface area contributed by atoms with Crippen LogP contribution in [0.4, 0.5) is 4.39 Å². The number of ether oxygens (including phenoxy) is 1. The lowest BCUT2D eigenvalue weighted by Gasteiger charge is -2.42. The number of nitrogens with two attached hydrogens (primary N) is 1. The maximum Gasteiger partial charge on any atom is 0.255 e. The number of hydrogen-bond acceptors (Lipinski definition) is 4. The third-order valence-electron chi connectivity index (χ3n) is 5.31. The van der Waals surface area contributed by atoms with Crippen molar-refractivity contribution >= 4 is 23.4 Å². The van der Waals surface area contributed by atoms with Crippen molar-refractivity contribution in [1.82, 2.24) is 9.80 Å². The third-order valence-corrected chi connectivity index (χ3v) is 5.62. The lowest BCUT2D eigenvalue weighted by molar-refractivity contribution is -0.148. The summed E-state index contributed by atoms with van der Waals surface area (Å²) in [6, 6.07) is 3.74. The average Bonchev–Trinajstić information content (AvgIpc) is 2.67. The molecule has 2 heterocycles. The lowest BCUT2D eigenvalue weighted by atomic mass is 9.78. The summed E-state index contributed by atoms with van der Waals surface area (Å²) in [5.41, 5.74) is 5.64. The van der Waals surface area contributed by atoms with Gasteiger partial charge in [-0.25, -0.2) is 4.39 Å². The van der Waals surface area contributed by atoms with Crippen molar-refractivity contribution in [3.63, 3.8) is 0 Å². The van der Waals surface area contributed by atoms with E-state index in [9.17, 15) is 14.0 Å². The van der Waals surface area contributed by atoms with Crippen LogP contribution in [0.3, 0.4) is 0 Å². The standard InChI is InChI=1S/C18H23ClFN3O3/c19-15-11-13(20)1-2-14(15)16(24)22-5-7-23(8-6-22)17(25)18(12-21)3-9-26-10-4-18/h1-2,11H,3-10,12,21H2. The smallest absolute Gasteiger partial charge is 0.255 e. The van der Waals surface area contributed by atoms with Gasteiger partial charge in [0.05, 0.1) is 16.0 Å². The Labute approximate surface area is 157 Å². The maximum absolute atomic E-state index is 13.2. The normalized spacial score (nSPS) is 20.1. The first kappa shape index (κ1) is 19.1. The van der Waals surface area contributed by atoms with E-state index in [1.54, 1.807) is 9.80 Å². The number of hydrogen-bond donors (Lipinski definition) is 1. The second-order valence-electron chi connectivity index (χ2n) is 6.81. The van der Waals surface area contributed by atoms with Crippen molar-refractivity contribution in [3.05, 3.63) is 34.6 Å². The number of halogens is 2. The first-order chi connectivity index (χ1) is 12.5. The van der Waals surface area contributed by atoms with Gasteiger partial charge >= 0.3 is 0 Å². The van der Waals surface area contributed by atoms with Crippen LogP contribution < -0.4 is 5.73 Å². The molecule has 8 heteroatoms. The second kappa shape index (κ2) is 7.90. The zero-order valence-corrected chi connectivity index (χ0v) is 15.3. The number of amides is 2. The molecule has 2 saturated heterocycles. The zero-order valence-electron chi connectivity index (χ0n) is 14.5. The van der Waals surface area contributed by atoms with E-state index in [2.05, 4.69) is 0 Å². The fourth-order valence-corrected chi connectivity index (χ4v) is 3.80. The summed E-state index contributed by atoms with van der Waals surface area (Å²) in [5.74, 6) is -0.678. The molecular weight excluding hydrogens is 361 g/mol. The average molecular weight is 384 g/mol. The second-order valence-corrected chi connectivity index (χ2v) is 7.21. The van der Waals surface area contributed by atoms with Crippen molar-refractivity contribution < 1.29 is 18.7 Å². The van der Waals surface area contributed by atoms with Gasteiger partial charge in [-0.1, -0.05) is 11.6 Å². The molecule has 0 unspecified atom stereocenters. The van der Waals surface area contributed by atoms with Gasteiger partial charge in [-0.2, -0.15) is 0 Å². The molecule has 1 aromatic rings. The summed E-state index contributed by atoms with van der Waals surface area (Å²) in [5, 5.41) is 0.0952. The van der Waals surface area contributed by atoms with Crippen molar-refractivity contribution in [2.45, 2.75) is 12.8 Å². The molecule has 0 atom stereocenters. The summed E-state index contributed by atoms with van der Waals surface area (Å²) in [6.07, 6.45) is 1.26. The van der Waals surface area contributed by atoms with Crippen LogP contribution in [-0.4, -0.2) is 67.6 Å². The van der Waals surface area contributed by atoms with Gasteiger partial charge in [0.2, 0.25) is 5.91 Å². The minimum Gasteiger partial charge on any atom is -0.381 e. The van der Waals surface area contributed by atoms with Crippen LogP contribution in [0.25, 0.3) is 0 Å². The fraction of sp³-hybridized carbons (Fsp3) is 0.556. The molecule has 0 radical (unpaired) electrons. The molecule has 6 nitrogen and oxygen atoms in total. The van der Waals surface area contributed by atoms with Gasteiger partial charge in [-0.3, -0.25) is 9.59 Å². The summed E-state index contributed by atoms with van der Waals surface area (Å²) in [7, 11) is 0. The first-order valence-electron chi connectivity index (χ1n) is 8.78. The van der Waals surface area contributed by atoms with Gasteiger partial charge in [0.15, 0.2) is 0 Å². The highest BCUT2D eigenvalue weighted by Crippen LogP contribution is 2.32. The molecule has 2 aliphatic rings. The van der Waals surface area contributed by atoms with E-state index in [0.29, 0.717) is 58.8 Å². The predicted molar refractivity (Wildman–Crippen MR) is 95.4 cm³/mol. The van der Waals surface area contributed by atoms with Crippen LogP contribution in [0.1, 0.15) is 23.2 Å². The Hall–Kier alpha value is -1.70. The molecule has 142 valence electrons. The predicted octanol–water partition coefficient (Wildman–Crippen LogP) is 1.52. The van der Waals surface area contributed by atoms with Crippen LogP contribution in [0.15, 0.2) is 18.2 Å². The number of benzene rings is 1. The molecule has 0 saturated carbocycles. The monoisotopic (exact) mass is 383 g/mol. The molecule has 2 aliphatic heterocycles. The number of piperazine rings is 1. The van der Waals surface area contributed by atoms with Crippen molar-refractivity contribution in [2.24, 2.45) is 11.1 Å².